The lowest BCUT2D eigenvalue weighted by Crippen LogP contribution is -2.44. The first kappa shape index (κ1) is 14.8. The first-order chi connectivity index (χ1) is 9.74. The van der Waals surface area contributed by atoms with Crippen LogP contribution in [0.5, 0.6) is 0 Å². The highest BCUT2D eigenvalue weighted by molar-refractivity contribution is 5.90. The molecule has 1 N–H and O–H groups in total. The van der Waals surface area contributed by atoms with Gasteiger partial charge in [-0.05, 0) is 38.4 Å². The van der Waals surface area contributed by atoms with E-state index < -0.39 is 0 Å². The molecule has 0 aromatic carbocycles. The Kier molecular flexibility index (Phi) is 5.35. The maximum atomic E-state index is 11.6. The number of aromatic nitrogens is 1. The van der Waals surface area contributed by atoms with Crippen LogP contribution in [0.2, 0.25) is 0 Å². The SMILES string of the molecule is CCN(CC1CCCCN1)c1cc(C(=O)OC)ccn1. The van der Waals surface area contributed by atoms with E-state index in [1.807, 2.05) is 0 Å². The molecule has 1 unspecified atom stereocenters. The topological polar surface area (TPSA) is 54.5 Å². The fourth-order valence-electron chi connectivity index (χ4n) is 2.57. The predicted molar refractivity (Wildman–Crippen MR) is 79.1 cm³/mol. The number of rotatable bonds is 5. The zero-order valence-electron chi connectivity index (χ0n) is 12.3. The van der Waals surface area contributed by atoms with Crippen LogP contribution >= 0.6 is 0 Å². The lowest BCUT2D eigenvalue weighted by molar-refractivity contribution is 0.0600. The lowest BCUT2D eigenvalue weighted by Gasteiger charge is -2.30. The molecule has 1 atom stereocenters. The number of esters is 1. The number of ether oxygens (including phenoxy) is 1. The third kappa shape index (κ3) is 3.70. The summed E-state index contributed by atoms with van der Waals surface area (Å²) in [5.74, 6) is 0.517. The van der Waals surface area contributed by atoms with Crippen molar-refractivity contribution in [2.45, 2.75) is 32.2 Å². The Bertz CT molecular complexity index is 444. The number of hydrogen-bond donors (Lipinski definition) is 1. The molecule has 1 aromatic heterocycles. The molecule has 5 nitrogen and oxygen atoms in total. The minimum atomic E-state index is -0.319. The monoisotopic (exact) mass is 277 g/mol. The summed E-state index contributed by atoms with van der Waals surface area (Å²) in [6.07, 6.45) is 5.41. The van der Waals surface area contributed by atoms with Crippen molar-refractivity contribution in [1.29, 1.82) is 0 Å². The van der Waals surface area contributed by atoms with Gasteiger partial charge in [0.05, 0.1) is 12.7 Å². The van der Waals surface area contributed by atoms with E-state index in [1.54, 1.807) is 18.3 Å². The number of methoxy groups -OCH3 is 1. The van der Waals surface area contributed by atoms with Crippen molar-refractivity contribution in [1.82, 2.24) is 10.3 Å². The van der Waals surface area contributed by atoms with E-state index in [9.17, 15) is 4.79 Å². The second kappa shape index (κ2) is 7.24. The second-order valence-electron chi connectivity index (χ2n) is 5.08. The summed E-state index contributed by atoms with van der Waals surface area (Å²) in [5.41, 5.74) is 0.549. The molecule has 1 aliphatic rings. The largest absolute Gasteiger partial charge is 0.465 e. The summed E-state index contributed by atoms with van der Waals surface area (Å²) in [6, 6.07) is 3.99. The van der Waals surface area contributed by atoms with Gasteiger partial charge in [0.1, 0.15) is 5.82 Å². The number of likely N-dealkylation sites (N-methyl/N-ethyl adjacent to an activating group) is 1. The van der Waals surface area contributed by atoms with Crippen molar-refractivity contribution < 1.29 is 9.53 Å². The van der Waals surface area contributed by atoms with Crippen molar-refractivity contribution in [2.75, 3.05) is 31.6 Å². The van der Waals surface area contributed by atoms with Gasteiger partial charge in [-0.15, -0.1) is 0 Å². The van der Waals surface area contributed by atoms with E-state index in [0.717, 1.165) is 25.5 Å². The molecule has 5 heteroatoms. The molecule has 1 aromatic rings. The third-order valence-electron chi connectivity index (χ3n) is 3.73. The van der Waals surface area contributed by atoms with Crippen LogP contribution in [0.4, 0.5) is 5.82 Å². The molecule has 2 heterocycles. The van der Waals surface area contributed by atoms with Gasteiger partial charge in [-0.25, -0.2) is 9.78 Å². The molecule has 1 aliphatic heterocycles. The maximum Gasteiger partial charge on any atom is 0.338 e. The number of pyridine rings is 1. The highest BCUT2D eigenvalue weighted by Gasteiger charge is 2.17. The Labute approximate surface area is 120 Å². The minimum Gasteiger partial charge on any atom is -0.465 e. The Morgan fingerprint density at radius 3 is 3.05 bits per heavy atom. The number of carbonyl (C=O) groups excluding carboxylic acids is 1. The smallest absolute Gasteiger partial charge is 0.338 e. The van der Waals surface area contributed by atoms with E-state index in [1.165, 1.54) is 26.4 Å². The van der Waals surface area contributed by atoms with Gasteiger partial charge in [0, 0.05) is 25.3 Å². The fraction of sp³-hybridized carbons (Fsp3) is 0.600. The first-order valence-electron chi connectivity index (χ1n) is 7.27. The van der Waals surface area contributed by atoms with E-state index >= 15 is 0 Å². The standard InChI is InChI=1S/C15H23N3O2/c1-3-18(11-13-6-4-5-8-16-13)14-10-12(7-9-17-14)15(19)20-2/h7,9-10,13,16H,3-6,8,11H2,1-2H3. The average Bonchev–Trinajstić information content (AvgIpc) is 2.53. The number of hydrogen-bond acceptors (Lipinski definition) is 5. The van der Waals surface area contributed by atoms with Gasteiger partial charge in [-0.3, -0.25) is 0 Å². The number of carbonyl (C=O) groups is 1. The summed E-state index contributed by atoms with van der Waals surface area (Å²) in [6.45, 7) is 5.00. The van der Waals surface area contributed by atoms with Gasteiger partial charge in [0.25, 0.3) is 0 Å². The Balaban J connectivity index is 2.08. The molecule has 110 valence electrons. The average molecular weight is 277 g/mol. The zero-order chi connectivity index (χ0) is 14.4. The number of piperidine rings is 1. The van der Waals surface area contributed by atoms with Crippen LogP contribution in [0.1, 0.15) is 36.5 Å². The molecule has 0 amide bonds. The quantitative estimate of drug-likeness (QED) is 0.832. The Hall–Kier alpha value is -1.62. The molecule has 1 fully saturated rings. The van der Waals surface area contributed by atoms with E-state index in [0.29, 0.717) is 11.6 Å². The summed E-state index contributed by atoms with van der Waals surface area (Å²) in [5, 5.41) is 3.54. The van der Waals surface area contributed by atoms with Crippen LogP contribution in [0.15, 0.2) is 18.3 Å². The first-order valence-corrected chi connectivity index (χ1v) is 7.27. The van der Waals surface area contributed by atoms with Crippen LogP contribution in [0, 0.1) is 0 Å². The highest BCUT2D eigenvalue weighted by Crippen LogP contribution is 2.16. The normalized spacial score (nSPS) is 18.6. The van der Waals surface area contributed by atoms with Gasteiger partial charge in [-0.2, -0.15) is 0 Å². The number of anilines is 1. The molecule has 0 radical (unpaired) electrons. The van der Waals surface area contributed by atoms with E-state index in [2.05, 4.69) is 22.1 Å². The Morgan fingerprint density at radius 1 is 1.55 bits per heavy atom. The van der Waals surface area contributed by atoms with E-state index in [-0.39, 0.29) is 5.97 Å². The summed E-state index contributed by atoms with van der Waals surface area (Å²) >= 11 is 0. The van der Waals surface area contributed by atoms with Gasteiger partial charge >= 0.3 is 5.97 Å². The van der Waals surface area contributed by atoms with Gasteiger partial charge < -0.3 is 15.0 Å². The minimum absolute atomic E-state index is 0.319. The van der Waals surface area contributed by atoms with Crippen molar-refractivity contribution in [3.05, 3.63) is 23.9 Å². The van der Waals surface area contributed by atoms with Gasteiger partial charge in [-0.1, -0.05) is 6.42 Å². The summed E-state index contributed by atoms with van der Waals surface area (Å²) in [7, 11) is 1.39. The highest BCUT2D eigenvalue weighted by atomic mass is 16.5. The van der Waals surface area contributed by atoms with Crippen LogP contribution in [0.3, 0.4) is 0 Å². The fourth-order valence-corrected chi connectivity index (χ4v) is 2.57. The maximum absolute atomic E-state index is 11.6. The zero-order valence-corrected chi connectivity index (χ0v) is 12.3. The third-order valence-corrected chi connectivity index (χ3v) is 3.73. The van der Waals surface area contributed by atoms with Crippen LogP contribution in [0.25, 0.3) is 0 Å². The van der Waals surface area contributed by atoms with Crippen LogP contribution in [-0.4, -0.2) is 43.7 Å². The van der Waals surface area contributed by atoms with Crippen molar-refractivity contribution in [3.63, 3.8) is 0 Å². The predicted octanol–water partition coefficient (Wildman–Crippen LogP) is 1.84. The van der Waals surface area contributed by atoms with Crippen LogP contribution < -0.4 is 10.2 Å². The molecule has 0 aliphatic carbocycles. The van der Waals surface area contributed by atoms with Crippen molar-refractivity contribution in [3.8, 4) is 0 Å². The van der Waals surface area contributed by atoms with E-state index in [4.69, 9.17) is 4.74 Å². The number of nitrogens with zero attached hydrogens (tertiary/aromatic N) is 2. The molecule has 20 heavy (non-hydrogen) atoms. The van der Waals surface area contributed by atoms with Crippen LogP contribution in [-0.2, 0) is 4.74 Å². The van der Waals surface area contributed by atoms with Gasteiger partial charge in [0.15, 0.2) is 0 Å². The molecule has 0 spiro atoms. The lowest BCUT2D eigenvalue weighted by atomic mass is 10.0. The Morgan fingerprint density at radius 2 is 2.40 bits per heavy atom. The molecular weight excluding hydrogens is 254 g/mol. The number of nitrogens with one attached hydrogen (secondary N) is 1. The summed E-state index contributed by atoms with van der Waals surface area (Å²) < 4.78 is 4.76. The molecule has 1 saturated heterocycles. The summed E-state index contributed by atoms with van der Waals surface area (Å²) in [4.78, 5) is 18.2. The van der Waals surface area contributed by atoms with Crippen molar-refractivity contribution in [2.24, 2.45) is 0 Å². The van der Waals surface area contributed by atoms with Gasteiger partial charge in [0.2, 0.25) is 0 Å². The molecule has 0 saturated carbocycles. The molecule has 2 rings (SSSR count). The second-order valence-corrected chi connectivity index (χ2v) is 5.08. The molecule has 0 bridgehead atoms. The molecular formula is C15H23N3O2. The van der Waals surface area contributed by atoms with Crippen molar-refractivity contribution >= 4 is 11.8 Å².